The summed E-state index contributed by atoms with van der Waals surface area (Å²) in [6, 6.07) is 0. The third-order valence-electron chi connectivity index (χ3n) is 4.20. The van der Waals surface area contributed by atoms with E-state index in [1.54, 1.807) is 14.2 Å². The van der Waals surface area contributed by atoms with Crippen molar-refractivity contribution in [2.45, 2.75) is 96.3 Å². The molecule has 0 spiro atoms. The second kappa shape index (κ2) is 19.9. The van der Waals surface area contributed by atoms with Crippen LogP contribution in [0.4, 0.5) is 0 Å². The second-order valence-corrected chi connectivity index (χ2v) is 6.29. The summed E-state index contributed by atoms with van der Waals surface area (Å²) in [7, 11) is 3.59. The van der Waals surface area contributed by atoms with Crippen LogP contribution in [-0.4, -0.2) is 27.4 Å². The third kappa shape index (κ3) is 19.9. The molecule has 0 heterocycles. The molecule has 0 saturated carbocycles. The van der Waals surface area contributed by atoms with Gasteiger partial charge >= 0.3 is 0 Å². The number of unbranched alkanes of at least 4 members (excludes halogenated alkanes) is 14. The summed E-state index contributed by atoms with van der Waals surface area (Å²) in [5, 5.41) is 0. The smallest absolute Gasteiger partial charge is 0.0462 e. The Labute approximate surface area is 134 Å². The average molecular weight is 301 g/mol. The van der Waals surface area contributed by atoms with Crippen molar-refractivity contribution in [1.29, 1.82) is 0 Å². The standard InChI is InChI=1S/C19H40O2/c1-20-18-16-14-12-10-8-6-4-3-5-7-9-11-13-15-17-19-21-2/h3-19H2,1-2H3. The summed E-state index contributed by atoms with van der Waals surface area (Å²) in [5.41, 5.74) is 0. The topological polar surface area (TPSA) is 18.5 Å². The number of hydrogen-bond donors (Lipinski definition) is 0. The molecule has 0 aliphatic heterocycles. The highest BCUT2D eigenvalue weighted by atomic mass is 16.5. The van der Waals surface area contributed by atoms with Gasteiger partial charge in [-0.2, -0.15) is 0 Å². The number of rotatable bonds is 18. The summed E-state index contributed by atoms with van der Waals surface area (Å²) >= 11 is 0. The number of ether oxygens (including phenoxy) is 2. The van der Waals surface area contributed by atoms with Gasteiger partial charge in [-0.25, -0.2) is 0 Å². The molecule has 0 rings (SSSR count). The van der Waals surface area contributed by atoms with Crippen molar-refractivity contribution in [1.82, 2.24) is 0 Å². The Hall–Kier alpha value is -0.0800. The van der Waals surface area contributed by atoms with Gasteiger partial charge < -0.3 is 9.47 Å². The normalized spacial score (nSPS) is 11.1. The first kappa shape index (κ1) is 20.9. The lowest BCUT2D eigenvalue weighted by Crippen LogP contribution is -1.88. The van der Waals surface area contributed by atoms with Crippen molar-refractivity contribution < 1.29 is 9.47 Å². The van der Waals surface area contributed by atoms with E-state index in [9.17, 15) is 0 Å². The van der Waals surface area contributed by atoms with Gasteiger partial charge in [0.25, 0.3) is 0 Å². The van der Waals surface area contributed by atoms with Crippen LogP contribution < -0.4 is 0 Å². The summed E-state index contributed by atoms with van der Waals surface area (Å²) in [6.07, 6.45) is 20.9. The van der Waals surface area contributed by atoms with Gasteiger partial charge in [0.05, 0.1) is 0 Å². The predicted molar refractivity (Wildman–Crippen MR) is 93.0 cm³/mol. The molecule has 0 aliphatic rings. The van der Waals surface area contributed by atoms with Crippen LogP contribution in [-0.2, 0) is 9.47 Å². The van der Waals surface area contributed by atoms with E-state index < -0.39 is 0 Å². The summed E-state index contributed by atoms with van der Waals surface area (Å²) in [6.45, 7) is 1.87. The fourth-order valence-electron chi connectivity index (χ4n) is 2.79. The van der Waals surface area contributed by atoms with Crippen molar-refractivity contribution in [3.05, 3.63) is 0 Å². The quantitative estimate of drug-likeness (QED) is 0.283. The van der Waals surface area contributed by atoms with Gasteiger partial charge in [-0.15, -0.1) is 0 Å². The molecular weight excluding hydrogens is 260 g/mol. The molecule has 0 aromatic carbocycles. The van der Waals surface area contributed by atoms with Crippen LogP contribution in [0.25, 0.3) is 0 Å². The minimum Gasteiger partial charge on any atom is -0.385 e. The van der Waals surface area contributed by atoms with Crippen LogP contribution in [0.3, 0.4) is 0 Å². The van der Waals surface area contributed by atoms with E-state index in [0.29, 0.717) is 0 Å². The van der Waals surface area contributed by atoms with Crippen molar-refractivity contribution in [2.75, 3.05) is 27.4 Å². The maximum atomic E-state index is 5.06. The SMILES string of the molecule is COCCCCCCCCCCCCCCCCCOC. The molecule has 128 valence electrons. The van der Waals surface area contributed by atoms with E-state index >= 15 is 0 Å². The zero-order valence-corrected chi connectivity index (χ0v) is 14.8. The molecule has 21 heavy (non-hydrogen) atoms. The fourth-order valence-corrected chi connectivity index (χ4v) is 2.79. The Morgan fingerprint density at radius 2 is 0.524 bits per heavy atom. The summed E-state index contributed by atoms with van der Waals surface area (Å²) < 4.78 is 10.1. The zero-order chi connectivity index (χ0) is 15.4. The highest BCUT2D eigenvalue weighted by molar-refractivity contribution is 4.49. The maximum Gasteiger partial charge on any atom is 0.0462 e. The van der Waals surface area contributed by atoms with Gasteiger partial charge in [0.15, 0.2) is 0 Å². The second-order valence-electron chi connectivity index (χ2n) is 6.29. The fraction of sp³-hybridized carbons (Fsp3) is 1.00. The third-order valence-corrected chi connectivity index (χ3v) is 4.20. The molecule has 0 amide bonds. The van der Waals surface area contributed by atoms with E-state index in [1.165, 1.54) is 96.3 Å². The Balaban J connectivity index is 2.90. The molecule has 0 fully saturated rings. The maximum absolute atomic E-state index is 5.06. The minimum atomic E-state index is 0.937. The van der Waals surface area contributed by atoms with E-state index in [1.807, 2.05) is 0 Å². The van der Waals surface area contributed by atoms with Crippen LogP contribution in [0.5, 0.6) is 0 Å². The van der Waals surface area contributed by atoms with Crippen molar-refractivity contribution >= 4 is 0 Å². The van der Waals surface area contributed by atoms with E-state index in [-0.39, 0.29) is 0 Å². The lowest BCUT2D eigenvalue weighted by atomic mass is 10.0. The zero-order valence-electron chi connectivity index (χ0n) is 14.8. The van der Waals surface area contributed by atoms with E-state index in [0.717, 1.165) is 13.2 Å². The van der Waals surface area contributed by atoms with Crippen molar-refractivity contribution in [3.63, 3.8) is 0 Å². The Morgan fingerprint density at radius 3 is 0.714 bits per heavy atom. The van der Waals surface area contributed by atoms with Gasteiger partial charge in [0.2, 0.25) is 0 Å². The predicted octanol–water partition coefficient (Wildman–Crippen LogP) is 6.13. The highest BCUT2D eigenvalue weighted by Crippen LogP contribution is 2.13. The molecule has 0 N–H and O–H groups in total. The molecule has 0 aromatic rings. The lowest BCUT2D eigenvalue weighted by Gasteiger charge is -2.03. The number of hydrogen-bond acceptors (Lipinski definition) is 2. The van der Waals surface area contributed by atoms with Crippen LogP contribution in [0.1, 0.15) is 96.3 Å². The highest BCUT2D eigenvalue weighted by Gasteiger charge is 1.94. The van der Waals surface area contributed by atoms with Crippen molar-refractivity contribution in [3.8, 4) is 0 Å². The molecule has 0 unspecified atom stereocenters. The van der Waals surface area contributed by atoms with Gasteiger partial charge in [-0.05, 0) is 12.8 Å². The van der Waals surface area contributed by atoms with Crippen molar-refractivity contribution in [2.24, 2.45) is 0 Å². The Kier molecular flexibility index (Phi) is 19.8. The van der Waals surface area contributed by atoms with E-state index in [4.69, 9.17) is 9.47 Å². The van der Waals surface area contributed by atoms with Gasteiger partial charge in [0.1, 0.15) is 0 Å². The molecule has 0 saturated heterocycles. The molecule has 0 aliphatic carbocycles. The number of methoxy groups -OCH3 is 2. The Morgan fingerprint density at radius 1 is 0.333 bits per heavy atom. The molecule has 0 aromatic heterocycles. The summed E-state index contributed by atoms with van der Waals surface area (Å²) in [4.78, 5) is 0. The van der Waals surface area contributed by atoms with Gasteiger partial charge in [0, 0.05) is 27.4 Å². The van der Waals surface area contributed by atoms with E-state index in [2.05, 4.69) is 0 Å². The van der Waals surface area contributed by atoms with Crippen LogP contribution in [0.15, 0.2) is 0 Å². The van der Waals surface area contributed by atoms with Crippen LogP contribution >= 0.6 is 0 Å². The first-order valence-corrected chi connectivity index (χ1v) is 9.39. The lowest BCUT2D eigenvalue weighted by molar-refractivity contribution is 0.192. The minimum absolute atomic E-state index is 0.937. The van der Waals surface area contributed by atoms with Crippen LogP contribution in [0.2, 0.25) is 0 Å². The molecule has 0 atom stereocenters. The van der Waals surface area contributed by atoms with Gasteiger partial charge in [-0.3, -0.25) is 0 Å². The average Bonchev–Trinajstić information content (AvgIpc) is 2.50. The molecule has 2 nitrogen and oxygen atoms in total. The largest absolute Gasteiger partial charge is 0.385 e. The first-order chi connectivity index (χ1) is 10.4. The first-order valence-electron chi connectivity index (χ1n) is 9.39. The molecular formula is C19H40O2. The molecule has 0 bridgehead atoms. The monoisotopic (exact) mass is 300 g/mol. The summed E-state index contributed by atoms with van der Waals surface area (Å²) in [5.74, 6) is 0. The molecule has 2 heteroatoms. The van der Waals surface area contributed by atoms with Crippen LogP contribution in [0, 0.1) is 0 Å². The molecule has 0 radical (unpaired) electrons. The van der Waals surface area contributed by atoms with Gasteiger partial charge in [-0.1, -0.05) is 83.5 Å². The Bertz CT molecular complexity index is 153.